The molecule has 0 unspecified atom stereocenters. The quantitative estimate of drug-likeness (QED) is 0.492. The molecule has 7 nitrogen and oxygen atoms in total. The summed E-state index contributed by atoms with van der Waals surface area (Å²) in [5, 5.41) is 19.1. The fourth-order valence-corrected chi connectivity index (χ4v) is 1.54. The number of halogens is 4. The third-order valence-electron chi connectivity index (χ3n) is 1.54. The highest BCUT2D eigenvalue weighted by atomic mass is 127. The van der Waals surface area contributed by atoms with E-state index >= 15 is 0 Å². The Kier molecular flexibility index (Phi) is 3.93. The fraction of sp³-hybridized carbons (Fsp3) is 0.143. The number of carbonyl (C=O) groups is 1. The van der Waals surface area contributed by atoms with Gasteiger partial charge in [-0.2, -0.15) is 0 Å². The van der Waals surface area contributed by atoms with Crippen LogP contribution in [0, 0.1) is 13.7 Å². The Morgan fingerprint density at radius 2 is 2.11 bits per heavy atom. The van der Waals surface area contributed by atoms with Crippen LogP contribution in [0.15, 0.2) is 6.07 Å². The lowest BCUT2D eigenvalue weighted by Crippen LogP contribution is -2.20. The molecular formula is C7H2F3IN2O5. The summed E-state index contributed by atoms with van der Waals surface area (Å²) in [5.74, 6) is -3.85. The number of rotatable bonds is 3. The zero-order valence-electron chi connectivity index (χ0n) is 8.06. The summed E-state index contributed by atoms with van der Waals surface area (Å²) in [6.45, 7) is 0. The van der Waals surface area contributed by atoms with Crippen LogP contribution in [0.5, 0.6) is 5.88 Å². The van der Waals surface area contributed by atoms with Gasteiger partial charge in [-0.3, -0.25) is 0 Å². The minimum Gasteiger partial charge on any atom is -0.478 e. The van der Waals surface area contributed by atoms with Gasteiger partial charge in [0, 0.05) is 4.98 Å². The van der Waals surface area contributed by atoms with Gasteiger partial charge in [0.15, 0.2) is 0 Å². The van der Waals surface area contributed by atoms with E-state index in [0.29, 0.717) is 6.07 Å². The van der Waals surface area contributed by atoms with Crippen molar-refractivity contribution in [2.24, 2.45) is 0 Å². The van der Waals surface area contributed by atoms with Gasteiger partial charge in [-0.25, -0.2) is 4.79 Å². The van der Waals surface area contributed by atoms with Crippen molar-refractivity contribution in [2.75, 3.05) is 0 Å². The number of carboxylic acid groups (broad SMARTS) is 1. The van der Waals surface area contributed by atoms with Crippen molar-refractivity contribution in [3.8, 4) is 5.88 Å². The lowest BCUT2D eigenvalue weighted by molar-refractivity contribution is -0.390. The molecule has 0 amide bonds. The molecule has 11 heteroatoms. The molecular weight excluding hydrogens is 376 g/mol. The topological polar surface area (TPSA) is 103 Å². The smallest absolute Gasteiger partial charge is 0.478 e. The number of nitrogens with zero attached hydrogens (tertiary/aromatic N) is 2. The van der Waals surface area contributed by atoms with Gasteiger partial charge in [0.05, 0.1) is 11.6 Å². The number of aromatic nitrogens is 1. The highest BCUT2D eigenvalue weighted by molar-refractivity contribution is 14.1. The molecule has 18 heavy (non-hydrogen) atoms. The summed E-state index contributed by atoms with van der Waals surface area (Å²) >= 11 is 1.25. The summed E-state index contributed by atoms with van der Waals surface area (Å²) in [6.07, 6.45) is -5.13. The van der Waals surface area contributed by atoms with Crippen molar-refractivity contribution in [1.29, 1.82) is 0 Å². The summed E-state index contributed by atoms with van der Waals surface area (Å²) < 4.78 is 39.0. The van der Waals surface area contributed by atoms with Crippen LogP contribution in [-0.4, -0.2) is 27.3 Å². The van der Waals surface area contributed by atoms with Gasteiger partial charge in [0.1, 0.15) is 3.57 Å². The van der Waals surface area contributed by atoms with Gasteiger partial charge in [-0.05, 0) is 27.5 Å². The van der Waals surface area contributed by atoms with E-state index in [-0.39, 0.29) is 0 Å². The highest BCUT2D eigenvalue weighted by Crippen LogP contribution is 2.30. The lowest BCUT2D eigenvalue weighted by Gasteiger charge is -2.07. The van der Waals surface area contributed by atoms with Crippen molar-refractivity contribution in [3.05, 3.63) is 25.3 Å². The van der Waals surface area contributed by atoms with E-state index in [4.69, 9.17) is 5.11 Å². The van der Waals surface area contributed by atoms with Crippen molar-refractivity contribution in [1.82, 2.24) is 4.98 Å². The largest absolute Gasteiger partial charge is 0.575 e. The maximum atomic E-state index is 12.0. The Bertz CT molecular complexity index is 519. The molecule has 1 aromatic rings. The highest BCUT2D eigenvalue weighted by Gasteiger charge is 2.37. The van der Waals surface area contributed by atoms with E-state index in [0.717, 1.165) is 0 Å². The van der Waals surface area contributed by atoms with Crippen LogP contribution in [0.3, 0.4) is 0 Å². The first-order valence-electron chi connectivity index (χ1n) is 3.96. The zero-order chi connectivity index (χ0) is 14.1. The third-order valence-corrected chi connectivity index (χ3v) is 2.59. The molecule has 98 valence electrons. The van der Waals surface area contributed by atoms with Crippen LogP contribution < -0.4 is 4.74 Å². The molecule has 0 radical (unpaired) electrons. The standard InChI is InChI=1S/C7H2F3IN2O5/c8-7(9,10)18-5-4(11)2(6(14)15)1-3(12-5)13(16)17/h1H,(H,14,15). The molecule has 0 saturated carbocycles. The van der Waals surface area contributed by atoms with Gasteiger partial charge >= 0.3 is 24.0 Å². The molecule has 0 aliphatic carbocycles. The summed E-state index contributed by atoms with van der Waals surface area (Å²) in [7, 11) is 0. The molecule has 1 N–H and O–H groups in total. The van der Waals surface area contributed by atoms with E-state index in [9.17, 15) is 28.1 Å². The Morgan fingerprint density at radius 1 is 1.56 bits per heavy atom. The average molecular weight is 378 g/mol. The number of nitro groups is 1. The molecule has 0 bridgehead atoms. The third kappa shape index (κ3) is 3.41. The first-order chi connectivity index (χ1) is 8.11. The number of ether oxygens (including phenoxy) is 1. The minimum absolute atomic E-state index is 0.483. The van der Waals surface area contributed by atoms with E-state index in [1.54, 1.807) is 0 Å². The van der Waals surface area contributed by atoms with Gasteiger partial charge in [-0.15, -0.1) is 13.2 Å². The SMILES string of the molecule is O=C(O)c1cc([N+](=O)[O-])nc(OC(F)(F)F)c1I. The predicted octanol–water partition coefficient (Wildman–Crippen LogP) is 2.19. The van der Waals surface area contributed by atoms with Crippen LogP contribution in [0.4, 0.5) is 19.0 Å². The maximum absolute atomic E-state index is 12.0. The second kappa shape index (κ2) is 4.91. The van der Waals surface area contributed by atoms with Crippen LogP contribution >= 0.6 is 22.6 Å². The maximum Gasteiger partial charge on any atom is 0.575 e. The molecule has 0 atom stereocenters. The Morgan fingerprint density at radius 3 is 2.50 bits per heavy atom. The summed E-state index contributed by atoms with van der Waals surface area (Å²) in [5.41, 5.74) is -0.698. The van der Waals surface area contributed by atoms with Gasteiger partial charge in [0.2, 0.25) is 0 Å². The molecule has 1 heterocycles. The van der Waals surface area contributed by atoms with Crippen molar-refractivity contribution in [3.63, 3.8) is 0 Å². The van der Waals surface area contributed by atoms with Crippen LogP contribution in [0.2, 0.25) is 0 Å². The van der Waals surface area contributed by atoms with Crippen LogP contribution in [0.25, 0.3) is 0 Å². The van der Waals surface area contributed by atoms with E-state index in [1.165, 1.54) is 22.6 Å². The normalized spacial score (nSPS) is 11.1. The molecule has 1 rings (SSSR count). The van der Waals surface area contributed by atoms with Crippen LogP contribution in [-0.2, 0) is 0 Å². The molecule has 0 fully saturated rings. The number of alkyl halides is 3. The van der Waals surface area contributed by atoms with Crippen LogP contribution in [0.1, 0.15) is 10.4 Å². The monoisotopic (exact) mass is 378 g/mol. The molecule has 0 aliphatic heterocycles. The Labute approximate surface area is 110 Å². The second-order valence-corrected chi connectivity index (χ2v) is 3.84. The van der Waals surface area contributed by atoms with Crippen molar-refractivity contribution >= 4 is 34.4 Å². The number of carboxylic acids is 1. The Hall–Kier alpha value is -1.66. The fourth-order valence-electron chi connectivity index (χ4n) is 0.919. The zero-order valence-corrected chi connectivity index (χ0v) is 10.2. The van der Waals surface area contributed by atoms with Gasteiger partial charge in [0.25, 0.3) is 0 Å². The predicted molar refractivity (Wildman–Crippen MR) is 57.3 cm³/mol. The van der Waals surface area contributed by atoms with E-state index in [2.05, 4.69) is 9.72 Å². The molecule has 1 aromatic heterocycles. The molecule has 0 spiro atoms. The molecule has 0 saturated heterocycles. The Balaban J connectivity index is 3.40. The number of aromatic carboxylic acids is 1. The first kappa shape index (κ1) is 14.4. The number of pyridine rings is 1. The van der Waals surface area contributed by atoms with Gasteiger partial charge < -0.3 is 20.0 Å². The first-order valence-corrected chi connectivity index (χ1v) is 5.03. The van der Waals surface area contributed by atoms with E-state index in [1.807, 2.05) is 0 Å². The minimum atomic E-state index is -5.13. The van der Waals surface area contributed by atoms with E-state index < -0.39 is 38.1 Å². The van der Waals surface area contributed by atoms with Crippen molar-refractivity contribution < 1.29 is 32.7 Å². The summed E-state index contributed by atoms with van der Waals surface area (Å²) in [4.78, 5) is 23.0. The number of hydrogen-bond donors (Lipinski definition) is 1. The average Bonchev–Trinajstić information content (AvgIpc) is 2.18. The van der Waals surface area contributed by atoms with Gasteiger partial charge in [-0.1, -0.05) is 0 Å². The van der Waals surface area contributed by atoms with Crippen molar-refractivity contribution in [2.45, 2.75) is 6.36 Å². The number of hydrogen-bond acceptors (Lipinski definition) is 5. The molecule has 0 aromatic carbocycles. The molecule has 0 aliphatic rings. The second-order valence-electron chi connectivity index (χ2n) is 2.76. The lowest BCUT2D eigenvalue weighted by atomic mass is 10.2. The summed E-state index contributed by atoms with van der Waals surface area (Å²) in [6, 6.07) is 0.549.